The van der Waals surface area contributed by atoms with Crippen molar-refractivity contribution in [3.63, 3.8) is 0 Å². The molecular formula is C22H26FeN2O10. The summed E-state index contributed by atoms with van der Waals surface area (Å²) < 4.78 is 9.68. The molecule has 2 aliphatic carbocycles. The van der Waals surface area contributed by atoms with Crippen LogP contribution >= 0.6 is 0 Å². The predicted octanol–water partition coefficient (Wildman–Crippen LogP) is -0.853. The number of carboxylic acid groups (broad SMARTS) is 2. The zero-order valence-corrected chi connectivity index (χ0v) is 19.9. The molecule has 0 saturated heterocycles. The maximum atomic E-state index is 11.2. The van der Waals surface area contributed by atoms with Crippen LogP contribution in [0.15, 0.2) is 71.5 Å². The van der Waals surface area contributed by atoms with Gasteiger partial charge in [0.15, 0.2) is 11.5 Å². The number of aliphatic hydroxyl groups is 2. The molecule has 2 unspecified atom stereocenters. The van der Waals surface area contributed by atoms with E-state index in [0.29, 0.717) is 11.1 Å². The summed E-state index contributed by atoms with van der Waals surface area (Å²) in [6.45, 7) is -1.05. The smallest absolute Gasteiger partial charge is 0.328 e. The van der Waals surface area contributed by atoms with Gasteiger partial charge in [-0.3, -0.25) is 9.59 Å². The monoisotopic (exact) mass is 534 g/mol. The van der Waals surface area contributed by atoms with Gasteiger partial charge in [-0.15, -0.1) is 0 Å². The van der Waals surface area contributed by atoms with Crippen LogP contribution in [0.2, 0.25) is 0 Å². The maximum Gasteiger partial charge on any atom is 0.328 e. The average Bonchev–Trinajstić information content (AvgIpc) is 2.81. The number of aliphatic hydroxyl groups excluding tert-OH is 2. The molecule has 192 valence electrons. The Morgan fingerprint density at radius 2 is 1.14 bits per heavy atom. The Bertz CT molecular complexity index is 901. The minimum Gasteiger partial charge on any atom is -0.493 e. The van der Waals surface area contributed by atoms with Crippen molar-refractivity contribution in [1.82, 2.24) is 10.6 Å². The van der Waals surface area contributed by atoms with Crippen LogP contribution in [0, 0.1) is 0 Å². The number of ketones is 2. The van der Waals surface area contributed by atoms with Crippen molar-refractivity contribution in [2.75, 3.05) is 27.4 Å². The molecule has 0 aliphatic heterocycles. The molecule has 0 saturated carbocycles. The third-order valence-corrected chi connectivity index (χ3v) is 4.24. The van der Waals surface area contributed by atoms with Crippen molar-refractivity contribution in [3.05, 3.63) is 71.5 Å². The second kappa shape index (κ2) is 16.1. The SMILES string of the molecule is COC1=C/C(=C/NC(CO)C(=O)O)C=CC1=O.COC1=C/C(=C\NC(CO)C(=O)O)C=CC1=O.[Fe]. The van der Waals surface area contributed by atoms with E-state index in [-0.39, 0.29) is 40.2 Å². The number of aliphatic carboxylic acids is 2. The summed E-state index contributed by atoms with van der Waals surface area (Å²) in [5.74, 6) is -2.46. The second-order valence-electron chi connectivity index (χ2n) is 6.59. The van der Waals surface area contributed by atoms with Gasteiger partial charge in [0.25, 0.3) is 0 Å². The number of hydrogen-bond donors (Lipinski definition) is 6. The fourth-order valence-electron chi connectivity index (χ4n) is 2.35. The molecule has 13 heteroatoms. The molecule has 0 bridgehead atoms. The van der Waals surface area contributed by atoms with Crippen molar-refractivity contribution in [2.24, 2.45) is 0 Å². The zero-order chi connectivity index (χ0) is 25.7. The summed E-state index contributed by atoms with van der Waals surface area (Å²) in [4.78, 5) is 43.6. The van der Waals surface area contributed by atoms with Crippen LogP contribution < -0.4 is 10.6 Å². The molecule has 0 aromatic carbocycles. The van der Waals surface area contributed by atoms with E-state index in [0.717, 1.165) is 0 Å². The third-order valence-electron chi connectivity index (χ3n) is 4.24. The van der Waals surface area contributed by atoms with Gasteiger partial charge in [-0.2, -0.15) is 0 Å². The number of methoxy groups -OCH3 is 2. The van der Waals surface area contributed by atoms with Crippen LogP contribution in [0.5, 0.6) is 0 Å². The molecule has 0 spiro atoms. The van der Waals surface area contributed by atoms with E-state index in [2.05, 4.69) is 10.6 Å². The average molecular weight is 534 g/mol. The Morgan fingerprint density at radius 3 is 1.40 bits per heavy atom. The summed E-state index contributed by atoms with van der Waals surface area (Å²) in [7, 11) is 2.75. The van der Waals surface area contributed by atoms with Crippen LogP contribution in [0.25, 0.3) is 0 Å². The first-order chi connectivity index (χ1) is 16.2. The summed E-state index contributed by atoms with van der Waals surface area (Å²) in [5.41, 5.74) is 1.17. The maximum absolute atomic E-state index is 11.2. The number of rotatable bonds is 10. The third kappa shape index (κ3) is 10.4. The predicted molar refractivity (Wildman–Crippen MR) is 118 cm³/mol. The fourth-order valence-corrected chi connectivity index (χ4v) is 2.35. The molecule has 0 heterocycles. The van der Waals surface area contributed by atoms with Gasteiger partial charge >= 0.3 is 11.9 Å². The van der Waals surface area contributed by atoms with Crippen LogP contribution in [-0.4, -0.2) is 83.4 Å². The fraction of sp³-hybridized carbons (Fsp3) is 0.273. The second-order valence-corrected chi connectivity index (χ2v) is 6.59. The summed E-state index contributed by atoms with van der Waals surface area (Å²) in [5, 5.41) is 40.0. The number of ether oxygens (including phenoxy) is 2. The molecule has 0 fully saturated rings. The van der Waals surface area contributed by atoms with Crippen molar-refractivity contribution in [3.8, 4) is 0 Å². The molecular weight excluding hydrogens is 508 g/mol. The van der Waals surface area contributed by atoms with Crippen LogP contribution in [0.3, 0.4) is 0 Å². The standard InChI is InChI=1S/2C11H13NO5.Fe/c2*1-17-10-4-7(2-3-9(10)14)5-12-8(6-13)11(15)16;/h2*2-5,8,12-13H,6H2,1H3,(H,15,16);/b7-5+;7-5-;. The van der Waals surface area contributed by atoms with E-state index >= 15 is 0 Å². The number of carbonyl (C=O) groups is 4. The molecule has 0 radical (unpaired) electrons. The van der Waals surface area contributed by atoms with Crippen molar-refractivity contribution in [1.29, 1.82) is 0 Å². The van der Waals surface area contributed by atoms with E-state index in [4.69, 9.17) is 29.9 Å². The Balaban J connectivity index is 0.000000642. The van der Waals surface area contributed by atoms with Crippen molar-refractivity contribution in [2.45, 2.75) is 12.1 Å². The Kier molecular flexibility index (Phi) is 14.4. The van der Waals surface area contributed by atoms with Gasteiger partial charge < -0.3 is 40.5 Å². The normalized spacial score (nSPS) is 18.3. The van der Waals surface area contributed by atoms with Gasteiger partial charge in [-0.25, -0.2) is 9.59 Å². The molecule has 12 nitrogen and oxygen atoms in total. The number of nitrogens with one attached hydrogen (secondary N) is 2. The van der Waals surface area contributed by atoms with Crippen LogP contribution in [0.4, 0.5) is 0 Å². The van der Waals surface area contributed by atoms with E-state index in [1.54, 1.807) is 0 Å². The van der Waals surface area contributed by atoms with Gasteiger partial charge in [0.2, 0.25) is 11.6 Å². The van der Waals surface area contributed by atoms with Crippen LogP contribution in [0.1, 0.15) is 0 Å². The first kappa shape index (κ1) is 31.4. The van der Waals surface area contributed by atoms with E-state index in [1.165, 1.54) is 63.1 Å². The Morgan fingerprint density at radius 1 is 0.800 bits per heavy atom. The minimum atomic E-state index is -1.16. The summed E-state index contributed by atoms with van der Waals surface area (Å²) >= 11 is 0. The molecule has 0 amide bonds. The van der Waals surface area contributed by atoms with Gasteiger partial charge in [-0.05, 0) is 47.6 Å². The Labute approximate surface area is 211 Å². The number of carbonyl (C=O) groups excluding carboxylic acids is 2. The van der Waals surface area contributed by atoms with Crippen LogP contribution in [-0.2, 0) is 45.7 Å². The van der Waals surface area contributed by atoms with Crippen molar-refractivity contribution >= 4 is 23.5 Å². The topological polar surface area (TPSA) is 192 Å². The first-order valence-electron chi connectivity index (χ1n) is 9.72. The molecule has 0 aromatic heterocycles. The quantitative estimate of drug-likeness (QED) is 0.191. The molecule has 0 aromatic rings. The van der Waals surface area contributed by atoms with E-state index in [1.807, 2.05) is 0 Å². The zero-order valence-electron chi connectivity index (χ0n) is 18.8. The van der Waals surface area contributed by atoms with E-state index in [9.17, 15) is 19.2 Å². The van der Waals surface area contributed by atoms with E-state index < -0.39 is 37.2 Å². The molecule has 6 N–H and O–H groups in total. The number of carboxylic acids is 2. The molecule has 2 rings (SSSR count). The first-order valence-corrected chi connectivity index (χ1v) is 9.72. The molecule has 2 aliphatic rings. The van der Waals surface area contributed by atoms with Gasteiger partial charge in [0, 0.05) is 29.5 Å². The van der Waals surface area contributed by atoms with Gasteiger partial charge in [0.1, 0.15) is 12.1 Å². The molecule has 35 heavy (non-hydrogen) atoms. The number of allylic oxidation sites excluding steroid dienone is 8. The van der Waals surface area contributed by atoms with Crippen molar-refractivity contribution < 1.29 is 66.1 Å². The largest absolute Gasteiger partial charge is 0.493 e. The van der Waals surface area contributed by atoms with Gasteiger partial charge in [-0.1, -0.05) is 0 Å². The van der Waals surface area contributed by atoms with Gasteiger partial charge in [0.05, 0.1) is 27.4 Å². The Hall–Kier alpha value is -3.64. The summed E-state index contributed by atoms with van der Waals surface area (Å²) in [6.07, 6.45) is 11.4. The number of hydrogen-bond acceptors (Lipinski definition) is 10. The minimum absolute atomic E-state index is 0. The molecule has 2 atom stereocenters. The summed E-state index contributed by atoms with van der Waals surface area (Å²) in [6, 6.07) is -2.15.